The van der Waals surface area contributed by atoms with Gasteiger partial charge >= 0.3 is 0 Å². The van der Waals surface area contributed by atoms with Crippen molar-refractivity contribution >= 4 is 5.91 Å². The first-order chi connectivity index (χ1) is 9.42. The number of carbonyl (C=O) groups excluding carboxylic acids is 1. The van der Waals surface area contributed by atoms with E-state index in [0.29, 0.717) is 30.7 Å². The second-order valence-electron chi connectivity index (χ2n) is 7.02. The van der Waals surface area contributed by atoms with Crippen LogP contribution in [0.15, 0.2) is 0 Å². The van der Waals surface area contributed by atoms with Crippen LogP contribution in [0.2, 0.25) is 0 Å². The Labute approximate surface area is 124 Å². The zero-order valence-corrected chi connectivity index (χ0v) is 13.8. The van der Waals surface area contributed by atoms with Gasteiger partial charge in [0, 0.05) is 26.1 Å². The molecule has 0 bridgehead atoms. The summed E-state index contributed by atoms with van der Waals surface area (Å²) in [4.78, 5) is 16.6. The molecule has 2 N–H and O–H groups in total. The molecule has 1 saturated heterocycles. The number of hydrogen-bond acceptors (Lipinski definition) is 3. The van der Waals surface area contributed by atoms with Crippen LogP contribution in [-0.4, -0.2) is 56.0 Å². The summed E-state index contributed by atoms with van der Waals surface area (Å²) in [6.45, 7) is 8.01. The van der Waals surface area contributed by atoms with Gasteiger partial charge in [-0.25, -0.2) is 0 Å². The van der Waals surface area contributed by atoms with Crippen LogP contribution in [0.5, 0.6) is 0 Å². The molecular weight excluding hydrogens is 250 g/mol. The van der Waals surface area contributed by atoms with E-state index >= 15 is 0 Å². The van der Waals surface area contributed by atoms with Gasteiger partial charge in [0.15, 0.2) is 0 Å². The smallest absolute Gasteiger partial charge is 0.222 e. The number of nitrogens with two attached hydrogens (primary N) is 1. The molecule has 0 aromatic carbocycles. The van der Waals surface area contributed by atoms with Crippen LogP contribution in [0.1, 0.15) is 39.5 Å². The molecule has 1 heterocycles. The van der Waals surface area contributed by atoms with Crippen molar-refractivity contribution in [3.63, 3.8) is 0 Å². The zero-order chi connectivity index (χ0) is 15.1. The minimum Gasteiger partial charge on any atom is -0.343 e. The van der Waals surface area contributed by atoms with Gasteiger partial charge in [-0.15, -0.1) is 0 Å². The lowest BCUT2D eigenvalue weighted by Gasteiger charge is -2.34. The Bertz CT molecular complexity index is 283. The molecule has 0 aromatic rings. The van der Waals surface area contributed by atoms with E-state index < -0.39 is 0 Å². The summed E-state index contributed by atoms with van der Waals surface area (Å²) in [5, 5.41) is 0. The molecule has 1 aliphatic rings. The van der Waals surface area contributed by atoms with Crippen molar-refractivity contribution in [1.29, 1.82) is 0 Å². The molecule has 4 heteroatoms. The fraction of sp³-hybridized carbons (Fsp3) is 0.938. The summed E-state index contributed by atoms with van der Waals surface area (Å²) in [7, 11) is 4.24. The molecule has 1 fully saturated rings. The molecule has 1 rings (SSSR count). The van der Waals surface area contributed by atoms with Gasteiger partial charge in [-0.3, -0.25) is 4.79 Å². The fourth-order valence-corrected chi connectivity index (χ4v) is 3.19. The molecule has 1 atom stereocenters. The summed E-state index contributed by atoms with van der Waals surface area (Å²) in [6, 6.07) is 0. The van der Waals surface area contributed by atoms with Crippen molar-refractivity contribution in [2.24, 2.45) is 23.5 Å². The van der Waals surface area contributed by atoms with Gasteiger partial charge in [0.05, 0.1) is 0 Å². The molecule has 4 nitrogen and oxygen atoms in total. The third kappa shape index (κ3) is 6.23. The molecular formula is C16H33N3O. The number of amides is 1. The van der Waals surface area contributed by atoms with E-state index in [9.17, 15) is 4.79 Å². The summed E-state index contributed by atoms with van der Waals surface area (Å²) in [5.74, 6) is 2.02. The van der Waals surface area contributed by atoms with E-state index in [2.05, 4.69) is 37.7 Å². The Morgan fingerprint density at radius 2 is 1.90 bits per heavy atom. The summed E-state index contributed by atoms with van der Waals surface area (Å²) < 4.78 is 0. The highest BCUT2D eigenvalue weighted by atomic mass is 16.2. The van der Waals surface area contributed by atoms with Crippen molar-refractivity contribution in [2.75, 3.05) is 40.3 Å². The summed E-state index contributed by atoms with van der Waals surface area (Å²) >= 11 is 0. The number of nitrogens with zero attached hydrogens (tertiary/aromatic N) is 2. The first-order valence-electron chi connectivity index (χ1n) is 8.05. The quantitative estimate of drug-likeness (QED) is 0.775. The largest absolute Gasteiger partial charge is 0.343 e. The average Bonchev–Trinajstić information content (AvgIpc) is 2.37. The van der Waals surface area contributed by atoms with Crippen LogP contribution in [-0.2, 0) is 4.79 Å². The van der Waals surface area contributed by atoms with E-state index in [1.54, 1.807) is 0 Å². The topological polar surface area (TPSA) is 49.6 Å². The van der Waals surface area contributed by atoms with Gasteiger partial charge in [-0.05, 0) is 57.7 Å². The second-order valence-corrected chi connectivity index (χ2v) is 7.02. The zero-order valence-electron chi connectivity index (χ0n) is 13.8. The van der Waals surface area contributed by atoms with Crippen LogP contribution >= 0.6 is 0 Å². The van der Waals surface area contributed by atoms with Crippen LogP contribution in [0.25, 0.3) is 0 Å². The number of hydrogen-bond donors (Lipinski definition) is 1. The molecule has 0 aliphatic carbocycles. The summed E-state index contributed by atoms with van der Waals surface area (Å²) in [6.07, 6.45) is 3.97. The molecule has 1 amide bonds. The summed E-state index contributed by atoms with van der Waals surface area (Å²) in [5.41, 5.74) is 5.80. The van der Waals surface area contributed by atoms with E-state index in [0.717, 1.165) is 44.8 Å². The van der Waals surface area contributed by atoms with Crippen LogP contribution in [0, 0.1) is 17.8 Å². The molecule has 1 unspecified atom stereocenters. The first kappa shape index (κ1) is 17.4. The lowest BCUT2D eigenvalue weighted by atomic mass is 9.92. The van der Waals surface area contributed by atoms with Gasteiger partial charge in [0.2, 0.25) is 5.91 Å². The maximum Gasteiger partial charge on any atom is 0.222 e. The van der Waals surface area contributed by atoms with E-state index in [1.165, 1.54) is 0 Å². The van der Waals surface area contributed by atoms with Crippen molar-refractivity contribution in [1.82, 2.24) is 9.80 Å². The minimum atomic E-state index is 0.310. The van der Waals surface area contributed by atoms with E-state index in [-0.39, 0.29) is 0 Å². The minimum absolute atomic E-state index is 0.310. The lowest BCUT2D eigenvalue weighted by molar-refractivity contribution is -0.133. The Morgan fingerprint density at radius 1 is 1.30 bits per heavy atom. The molecule has 0 radical (unpaired) electrons. The second kappa shape index (κ2) is 8.63. The van der Waals surface area contributed by atoms with Crippen LogP contribution in [0.4, 0.5) is 0 Å². The van der Waals surface area contributed by atoms with E-state index in [4.69, 9.17) is 5.73 Å². The standard InChI is InChI=1S/C16H33N3O/c1-13(2)9-15(11-17)10-16(20)19-7-5-14(6-8-19)12-18(3)4/h13-15H,5-12,17H2,1-4H3. The fourth-order valence-electron chi connectivity index (χ4n) is 3.19. The molecule has 118 valence electrons. The predicted molar refractivity (Wildman–Crippen MR) is 84.5 cm³/mol. The number of rotatable bonds is 7. The van der Waals surface area contributed by atoms with Gasteiger partial charge in [-0.1, -0.05) is 13.8 Å². The van der Waals surface area contributed by atoms with Gasteiger partial charge < -0.3 is 15.5 Å². The highest BCUT2D eigenvalue weighted by Crippen LogP contribution is 2.21. The Hall–Kier alpha value is -0.610. The monoisotopic (exact) mass is 283 g/mol. The third-order valence-electron chi connectivity index (χ3n) is 4.19. The van der Waals surface area contributed by atoms with Crippen molar-refractivity contribution in [2.45, 2.75) is 39.5 Å². The Balaban J connectivity index is 2.34. The predicted octanol–water partition coefficient (Wildman–Crippen LogP) is 1.80. The molecule has 1 aliphatic heterocycles. The molecule has 0 saturated carbocycles. The van der Waals surface area contributed by atoms with Gasteiger partial charge in [0.1, 0.15) is 0 Å². The Morgan fingerprint density at radius 3 is 2.35 bits per heavy atom. The van der Waals surface area contributed by atoms with Crippen LogP contribution in [0.3, 0.4) is 0 Å². The van der Waals surface area contributed by atoms with Gasteiger partial charge in [0.25, 0.3) is 0 Å². The maximum atomic E-state index is 12.3. The number of piperidine rings is 1. The lowest BCUT2D eigenvalue weighted by Crippen LogP contribution is -2.41. The highest BCUT2D eigenvalue weighted by molar-refractivity contribution is 5.76. The molecule has 0 spiro atoms. The number of carbonyl (C=O) groups is 1. The highest BCUT2D eigenvalue weighted by Gasteiger charge is 2.24. The van der Waals surface area contributed by atoms with Crippen molar-refractivity contribution in [3.8, 4) is 0 Å². The SMILES string of the molecule is CC(C)CC(CN)CC(=O)N1CCC(CN(C)C)CC1. The van der Waals surface area contributed by atoms with E-state index in [1.807, 2.05) is 0 Å². The third-order valence-corrected chi connectivity index (χ3v) is 4.19. The Kier molecular flexibility index (Phi) is 7.52. The average molecular weight is 283 g/mol. The number of likely N-dealkylation sites (tertiary alicyclic amines) is 1. The molecule has 0 aromatic heterocycles. The first-order valence-corrected chi connectivity index (χ1v) is 8.05. The molecule has 20 heavy (non-hydrogen) atoms. The van der Waals surface area contributed by atoms with Crippen LogP contribution < -0.4 is 5.73 Å². The van der Waals surface area contributed by atoms with Crippen molar-refractivity contribution < 1.29 is 4.79 Å². The maximum absolute atomic E-state index is 12.3. The van der Waals surface area contributed by atoms with Gasteiger partial charge in [-0.2, -0.15) is 0 Å². The van der Waals surface area contributed by atoms with Crippen molar-refractivity contribution in [3.05, 3.63) is 0 Å². The normalized spacial score (nSPS) is 18.9.